The molecular weight excluding hydrogens is 544 g/mol. The van der Waals surface area contributed by atoms with E-state index in [0.717, 1.165) is 38.7 Å². The molecule has 0 saturated heterocycles. The van der Waals surface area contributed by atoms with Crippen molar-refractivity contribution < 1.29 is 33.3 Å². The molecule has 0 spiro atoms. The van der Waals surface area contributed by atoms with Gasteiger partial charge in [-0.25, -0.2) is 9.59 Å². The van der Waals surface area contributed by atoms with Gasteiger partial charge in [0.25, 0.3) is 0 Å². The molecule has 0 aliphatic carbocycles. The van der Waals surface area contributed by atoms with Crippen molar-refractivity contribution in [3.05, 3.63) is 115 Å². The van der Waals surface area contributed by atoms with Crippen LogP contribution in [0, 0.1) is 0 Å². The summed E-state index contributed by atoms with van der Waals surface area (Å²) in [5, 5.41) is 4.29. The zero-order chi connectivity index (χ0) is 29.6. The van der Waals surface area contributed by atoms with Gasteiger partial charge in [-0.1, -0.05) is 67.2 Å². The number of rotatable bonds is 8. The van der Waals surface area contributed by atoms with E-state index in [4.69, 9.17) is 23.7 Å². The summed E-state index contributed by atoms with van der Waals surface area (Å²) in [5.41, 5.74) is 2.28. The van der Waals surface area contributed by atoms with Crippen LogP contribution in [-0.4, -0.2) is 44.5 Å². The summed E-state index contributed by atoms with van der Waals surface area (Å²) in [7, 11) is 0. The monoisotopic (exact) mass is 574 g/mol. The minimum atomic E-state index is -0.654. The highest BCUT2D eigenvalue weighted by molar-refractivity contribution is 6.09. The fraction of sp³-hybridized carbons (Fsp3) is 0.167. The average molecular weight is 575 g/mol. The smallest absolute Gasteiger partial charge is 0.338 e. The van der Waals surface area contributed by atoms with Gasteiger partial charge in [-0.15, -0.1) is 0 Å². The molecule has 0 bridgehead atoms. The second-order valence-electron chi connectivity index (χ2n) is 10.1. The van der Waals surface area contributed by atoms with Gasteiger partial charge in [-0.3, -0.25) is 0 Å². The van der Waals surface area contributed by atoms with Crippen LogP contribution in [0.4, 0.5) is 0 Å². The molecule has 6 rings (SSSR count). The van der Waals surface area contributed by atoms with E-state index in [-0.39, 0.29) is 19.8 Å². The van der Waals surface area contributed by atoms with Gasteiger partial charge in [0.2, 0.25) is 0 Å². The van der Waals surface area contributed by atoms with E-state index in [9.17, 15) is 9.59 Å². The van der Waals surface area contributed by atoms with Crippen LogP contribution in [0.1, 0.15) is 16.8 Å². The van der Waals surface area contributed by atoms with E-state index in [1.165, 1.54) is 0 Å². The largest absolute Gasteiger partial charge is 0.493 e. The lowest BCUT2D eigenvalue weighted by Crippen LogP contribution is -2.31. The number of ether oxygens (including phenoxy) is 5. The van der Waals surface area contributed by atoms with E-state index >= 15 is 0 Å². The number of fused-ring (bicyclic) bond motifs is 7. The maximum absolute atomic E-state index is 13.1. The summed E-state index contributed by atoms with van der Waals surface area (Å²) in [4.78, 5) is 24.2. The highest BCUT2D eigenvalue weighted by Crippen LogP contribution is 2.46. The minimum absolute atomic E-state index is 0.126. The normalized spacial score (nSPS) is 12.8. The van der Waals surface area contributed by atoms with Crippen molar-refractivity contribution in [3.63, 3.8) is 0 Å². The molecule has 1 heterocycles. The number of benzene rings is 5. The van der Waals surface area contributed by atoms with Crippen LogP contribution in [0.5, 0.6) is 17.2 Å². The van der Waals surface area contributed by atoms with Gasteiger partial charge in [0.15, 0.2) is 6.10 Å². The van der Waals surface area contributed by atoms with Crippen LogP contribution >= 0.6 is 0 Å². The molecule has 0 radical (unpaired) electrons. The van der Waals surface area contributed by atoms with Gasteiger partial charge in [-0.2, -0.15) is 0 Å². The summed E-state index contributed by atoms with van der Waals surface area (Å²) >= 11 is 0. The third kappa shape index (κ3) is 6.16. The first-order chi connectivity index (χ1) is 21.1. The molecule has 0 saturated carbocycles. The third-order valence-electron chi connectivity index (χ3n) is 7.21. The Bertz CT molecular complexity index is 1700. The van der Waals surface area contributed by atoms with E-state index in [0.29, 0.717) is 35.8 Å². The van der Waals surface area contributed by atoms with E-state index in [1.54, 1.807) is 24.3 Å². The predicted molar refractivity (Wildman–Crippen MR) is 165 cm³/mol. The summed E-state index contributed by atoms with van der Waals surface area (Å²) in [5.74, 6) is 1.03. The maximum atomic E-state index is 13.1. The van der Waals surface area contributed by atoms with E-state index in [1.807, 2.05) is 48.5 Å². The van der Waals surface area contributed by atoms with Gasteiger partial charge in [-0.05, 0) is 57.9 Å². The fourth-order valence-corrected chi connectivity index (χ4v) is 5.13. The number of esters is 2. The van der Waals surface area contributed by atoms with Crippen LogP contribution in [0.2, 0.25) is 0 Å². The van der Waals surface area contributed by atoms with Crippen molar-refractivity contribution in [2.24, 2.45) is 0 Å². The van der Waals surface area contributed by atoms with E-state index in [2.05, 4.69) is 30.8 Å². The lowest BCUT2D eigenvalue weighted by molar-refractivity contribution is -0.137. The van der Waals surface area contributed by atoms with Crippen molar-refractivity contribution >= 4 is 33.5 Å². The molecule has 1 aliphatic rings. The van der Waals surface area contributed by atoms with Crippen LogP contribution < -0.4 is 14.2 Å². The topological polar surface area (TPSA) is 80.3 Å². The molecule has 0 aromatic heterocycles. The van der Waals surface area contributed by atoms with Crippen molar-refractivity contribution in [2.45, 2.75) is 12.5 Å². The summed E-state index contributed by atoms with van der Waals surface area (Å²) < 4.78 is 29.2. The van der Waals surface area contributed by atoms with Gasteiger partial charge in [0.05, 0.1) is 18.8 Å². The first-order valence-electron chi connectivity index (χ1n) is 14.1. The number of carbonyl (C=O) groups is 2. The molecule has 0 atom stereocenters. The molecule has 1 aliphatic heterocycles. The number of carbonyl (C=O) groups excluding carboxylic acids is 2. The molecule has 0 N–H and O–H groups in total. The van der Waals surface area contributed by atoms with Crippen molar-refractivity contribution in [1.29, 1.82) is 0 Å². The summed E-state index contributed by atoms with van der Waals surface area (Å²) in [6.07, 6.45) is 0.998. The van der Waals surface area contributed by atoms with Crippen LogP contribution in [0.25, 0.3) is 32.7 Å². The Morgan fingerprint density at radius 2 is 1.33 bits per heavy atom. The minimum Gasteiger partial charge on any atom is -0.493 e. The first kappa shape index (κ1) is 27.8. The van der Waals surface area contributed by atoms with Crippen molar-refractivity contribution in [2.75, 3.05) is 26.4 Å². The zero-order valence-electron chi connectivity index (χ0n) is 23.5. The standard InChI is InChI=1S/C36H30O7/c1-2-33(37)40-21-7-20-39-27-16-12-26(13-17-27)36(38)43-28-22-41-31-18-14-24-8-3-5-10-29(24)34(31)35-30-11-6-4-9-25(30)15-19-32(35)42-23-28/h2-6,8-19,28H,1,7,20-23H2. The number of hydrogen-bond donors (Lipinski definition) is 0. The van der Waals surface area contributed by atoms with Gasteiger partial charge in [0, 0.05) is 23.6 Å². The Kier molecular flexibility index (Phi) is 8.22. The lowest BCUT2D eigenvalue weighted by atomic mass is 9.92. The highest BCUT2D eigenvalue weighted by Gasteiger charge is 2.25. The Balaban J connectivity index is 1.20. The Morgan fingerprint density at radius 1 is 0.744 bits per heavy atom. The van der Waals surface area contributed by atoms with E-state index < -0.39 is 18.0 Å². The second-order valence-corrected chi connectivity index (χ2v) is 10.1. The van der Waals surface area contributed by atoms with Crippen LogP contribution in [0.3, 0.4) is 0 Å². The Morgan fingerprint density at radius 3 is 1.91 bits per heavy atom. The van der Waals surface area contributed by atoms with Crippen LogP contribution in [-0.2, 0) is 14.3 Å². The van der Waals surface area contributed by atoms with Crippen molar-refractivity contribution in [3.8, 4) is 28.4 Å². The molecule has 7 heteroatoms. The highest BCUT2D eigenvalue weighted by atomic mass is 16.6. The molecule has 5 aromatic carbocycles. The molecule has 0 unspecified atom stereocenters. The Hall–Kier alpha value is -5.30. The van der Waals surface area contributed by atoms with Gasteiger partial charge < -0.3 is 23.7 Å². The van der Waals surface area contributed by atoms with Crippen molar-refractivity contribution in [1.82, 2.24) is 0 Å². The number of hydrogen-bond acceptors (Lipinski definition) is 7. The zero-order valence-corrected chi connectivity index (χ0v) is 23.5. The fourth-order valence-electron chi connectivity index (χ4n) is 5.13. The second kappa shape index (κ2) is 12.7. The first-order valence-corrected chi connectivity index (χ1v) is 14.1. The van der Waals surface area contributed by atoms with Gasteiger partial charge in [0.1, 0.15) is 30.5 Å². The molecule has 7 nitrogen and oxygen atoms in total. The maximum Gasteiger partial charge on any atom is 0.338 e. The molecular formula is C36H30O7. The third-order valence-corrected chi connectivity index (χ3v) is 7.21. The van der Waals surface area contributed by atoms with Crippen LogP contribution in [0.15, 0.2) is 110 Å². The quantitative estimate of drug-likeness (QED) is 0.111. The molecule has 43 heavy (non-hydrogen) atoms. The average Bonchev–Trinajstić information content (AvgIpc) is 3.12. The predicted octanol–water partition coefficient (Wildman–Crippen LogP) is 7.15. The summed E-state index contributed by atoms with van der Waals surface area (Å²) in [6, 6.07) is 31.1. The molecule has 216 valence electrons. The van der Waals surface area contributed by atoms with Gasteiger partial charge >= 0.3 is 11.9 Å². The Labute approximate surface area is 249 Å². The lowest BCUT2D eigenvalue weighted by Gasteiger charge is -2.18. The molecule has 0 fully saturated rings. The molecule has 0 amide bonds. The summed E-state index contributed by atoms with van der Waals surface area (Å²) in [6.45, 7) is 4.21. The molecule has 5 aromatic rings. The SMILES string of the molecule is C=CC(=O)OCCCOc1ccc(C(=O)OC2COc3ccc4ccccc4c3-c3c(ccc4ccccc34)OC2)cc1.